The molecule has 252 valence electrons. The molecule has 1 aliphatic carbocycles. The molecule has 4 aliphatic rings. The van der Waals surface area contributed by atoms with Crippen LogP contribution >= 0.6 is 11.3 Å². The lowest BCUT2D eigenvalue weighted by molar-refractivity contribution is 0.117. The van der Waals surface area contributed by atoms with E-state index < -0.39 is 5.41 Å². The molecule has 3 aromatic heterocycles. The minimum absolute atomic E-state index is 0.00576. The Hall–Kier alpha value is -3.20. The second-order valence-electron chi connectivity index (χ2n) is 14.4. The third-order valence-corrected chi connectivity index (χ3v) is 12.3. The fraction of sp³-hybridized carbons (Fsp3) is 0.667. The molecule has 3 aromatic rings. The first-order valence-corrected chi connectivity index (χ1v) is 18.7. The molecule has 7 rings (SSSR count). The molecule has 3 saturated heterocycles. The zero-order valence-corrected chi connectivity index (χ0v) is 29.4. The van der Waals surface area contributed by atoms with E-state index in [1.165, 1.54) is 43.6 Å². The number of ether oxygens (including phenoxy) is 1. The number of likely N-dealkylation sites (tertiary alicyclic amines) is 2. The second-order valence-corrected chi connectivity index (χ2v) is 15.5. The first-order valence-electron chi connectivity index (χ1n) is 17.9. The van der Waals surface area contributed by atoms with Crippen molar-refractivity contribution in [2.45, 2.75) is 115 Å². The summed E-state index contributed by atoms with van der Waals surface area (Å²) in [6.45, 7) is 11.9. The smallest absolute Gasteiger partial charge is 0.219 e. The van der Waals surface area contributed by atoms with Gasteiger partial charge in [-0.3, -0.25) is 9.80 Å². The number of piperidine rings is 1. The van der Waals surface area contributed by atoms with Gasteiger partial charge in [0, 0.05) is 41.7 Å². The summed E-state index contributed by atoms with van der Waals surface area (Å²) in [5, 5.41) is 15.4. The van der Waals surface area contributed by atoms with Crippen LogP contribution in [0.1, 0.15) is 106 Å². The van der Waals surface area contributed by atoms with Gasteiger partial charge in [-0.05, 0) is 104 Å². The van der Waals surface area contributed by atoms with E-state index in [4.69, 9.17) is 30.1 Å². The van der Waals surface area contributed by atoms with Gasteiger partial charge in [0.2, 0.25) is 5.88 Å². The van der Waals surface area contributed by atoms with Crippen molar-refractivity contribution >= 4 is 22.2 Å². The van der Waals surface area contributed by atoms with Gasteiger partial charge in [-0.15, -0.1) is 11.3 Å². The van der Waals surface area contributed by atoms with Crippen LogP contribution in [0.3, 0.4) is 0 Å². The molecule has 0 spiro atoms. The van der Waals surface area contributed by atoms with Gasteiger partial charge in [-0.25, -0.2) is 4.98 Å². The van der Waals surface area contributed by atoms with Crippen molar-refractivity contribution in [1.82, 2.24) is 24.9 Å². The maximum Gasteiger partial charge on any atom is 0.219 e. The highest BCUT2D eigenvalue weighted by Gasteiger charge is 2.44. The third-order valence-electron chi connectivity index (χ3n) is 11.3. The van der Waals surface area contributed by atoms with E-state index in [0.29, 0.717) is 40.0 Å². The molecule has 10 nitrogen and oxygen atoms in total. The fourth-order valence-corrected chi connectivity index (χ4v) is 9.98. The van der Waals surface area contributed by atoms with Gasteiger partial charge < -0.3 is 19.9 Å². The highest BCUT2D eigenvalue weighted by Crippen LogP contribution is 2.50. The SMILES string of the molecule is CCCc1c(-c2nc(O[C@@H](C)[C@@H]3CCCN3C)cc(N3CC[C@H](N4CCCCC4)C3)n2)noc1[C@@]1(C)CCCc2sc(N)c(C#N)c21. The summed E-state index contributed by atoms with van der Waals surface area (Å²) in [6.07, 6.45) is 11.9. The van der Waals surface area contributed by atoms with Gasteiger partial charge in [0.15, 0.2) is 17.3 Å². The van der Waals surface area contributed by atoms with E-state index in [-0.39, 0.29) is 6.10 Å². The van der Waals surface area contributed by atoms with Gasteiger partial charge in [0.1, 0.15) is 23.0 Å². The third kappa shape index (κ3) is 6.02. The number of nitrogens with zero attached hydrogens (tertiary/aromatic N) is 7. The van der Waals surface area contributed by atoms with E-state index in [1.807, 2.05) is 6.07 Å². The van der Waals surface area contributed by atoms with Crippen LogP contribution in [0, 0.1) is 11.3 Å². The summed E-state index contributed by atoms with van der Waals surface area (Å²) in [5.74, 6) is 2.85. The van der Waals surface area contributed by atoms with E-state index >= 15 is 0 Å². The van der Waals surface area contributed by atoms with Gasteiger partial charge in [-0.2, -0.15) is 10.2 Å². The predicted molar refractivity (Wildman–Crippen MR) is 186 cm³/mol. The number of aryl methyl sites for hydroxylation is 1. The van der Waals surface area contributed by atoms with Crippen LogP contribution in [0.15, 0.2) is 10.6 Å². The topological polar surface area (TPSA) is 121 Å². The maximum atomic E-state index is 10.1. The standard InChI is InChI=1S/C36H50N8O2S/c1-5-11-25-32(41-46-33(25)36(3)15-9-13-28-31(36)26(21-37)34(38)47-28)35-39-29(44-19-14-24(22-44)43-17-7-6-8-18-43)20-30(40-35)45-23(2)27-12-10-16-42(27)4/h20,23-24,27H,5-19,22,38H2,1-4H3/t23-,24-,27-,36-/m0/s1. The molecule has 0 unspecified atom stereocenters. The first-order chi connectivity index (χ1) is 22.8. The molecule has 0 aromatic carbocycles. The lowest BCUT2D eigenvalue weighted by atomic mass is 9.69. The summed E-state index contributed by atoms with van der Waals surface area (Å²) in [5.41, 5.74) is 9.18. The highest BCUT2D eigenvalue weighted by atomic mass is 32.1. The summed E-state index contributed by atoms with van der Waals surface area (Å²) >= 11 is 1.54. The first kappa shape index (κ1) is 32.4. The number of nitrogen functional groups attached to an aromatic ring is 1. The highest BCUT2D eigenvalue weighted by molar-refractivity contribution is 7.16. The lowest BCUT2D eigenvalue weighted by Crippen LogP contribution is -2.41. The van der Waals surface area contributed by atoms with Gasteiger partial charge >= 0.3 is 0 Å². The molecule has 4 atom stereocenters. The average Bonchev–Trinajstić information content (AvgIpc) is 3.88. The van der Waals surface area contributed by atoms with E-state index in [2.05, 4.69) is 48.6 Å². The number of thiophene rings is 1. The van der Waals surface area contributed by atoms with Gasteiger partial charge in [0.05, 0.1) is 11.0 Å². The predicted octanol–water partition coefficient (Wildman–Crippen LogP) is 6.17. The summed E-state index contributed by atoms with van der Waals surface area (Å²) in [7, 11) is 2.18. The van der Waals surface area contributed by atoms with E-state index in [1.54, 1.807) is 11.3 Å². The van der Waals surface area contributed by atoms with E-state index in [9.17, 15) is 5.26 Å². The number of hydrogen-bond donors (Lipinski definition) is 1. The minimum atomic E-state index is -0.502. The number of rotatable bonds is 9. The number of hydrogen-bond acceptors (Lipinski definition) is 11. The van der Waals surface area contributed by atoms with Crippen LogP contribution in [-0.2, 0) is 18.3 Å². The molecular formula is C36H50N8O2S. The number of nitrogens with two attached hydrogens (primary N) is 1. The molecule has 0 radical (unpaired) electrons. The Balaban J connectivity index is 1.28. The van der Waals surface area contributed by atoms with Crippen molar-refractivity contribution in [3.63, 3.8) is 0 Å². The molecule has 0 amide bonds. The summed E-state index contributed by atoms with van der Waals surface area (Å²) in [4.78, 5) is 18.9. The van der Waals surface area contributed by atoms with Crippen LogP contribution in [0.5, 0.6) is 5.88 Å². The van der Waals surface area contributed by atoms with Gasteiger partial charge in [0.25, 0.3) is 0 Å². The Kier molecular flexibility index (Phi) is 9.20. The van der Waals surface area contributed by atoms with Crippen LogP contribution in [0.2, 0.25) is 0 Å². The zero-order valence-electron chi connectivity index (χ0n) is 28.6. The summed E-state index contributed by atoms with van der Waals surface area (Å²) in [6, 6.07) is 5.35. The Morgan fingerprint density at radius 1 is 1.15 bits per heavy atom. The molecule has 3 fully saturated rings. The van der Waals surface area contributed by atoms with Crippen molar-refractivity contribution < 1.29 is 9.26 Å². The summed E-state index contributed by atoms with van der Waals surface area (Å²) < 4.78 is 13.0. The van der Waals surface area contributed by atoms with Crippen molar-refractivity contribution in [2.75, 3.05) is 50.4 Å². The van der Waals surface area contributed by atoms with Crippen LogP contribution < -0.4 is 15.4 Å². The quantitative estimate of drug-likeness (QED) is 0.286. The number of anilines is 2. The Morgan fingerprint density at radius 2 is 1.98 bits per heavy atom. The Morgan fingerprint density at radius 3 is 2.72 bits per heavy atom. The van der Waals surface area contributed by atoms with Crippen LogP contribution in [-0.4, -0.2) is 82.9 Å². The molecule has 0 bridgehead atoms. The maximum absolute atomic E-state index is 10.1. The van der Waals surface area contributed by atoms with Crippen molar-refractivity contribution in [3.8, 4) is 23.5 Å². The molecule has 47 heavy (non-hydrogen) atoms. The van der Waals surface area contributed by atoms with Gasteiger partial charge in [-0.1, -0.05) is 24.9 Å². The number of nitriles is 1. The number of likely N-dealkylation sites (N-methyl/N-ethyl adjacent to an activating group) is 1. The monoisotopic (exact) mass is 658 g/mol. The molecule has 3 aliphatic heterocycles. The molecular weight excluding hydrogens is 609 g/mol. The van der Waals surface area contributed by atoms with Crippen LogP contribution in [0.4, 0.5) is 10.8 Å². The van der Waals surface area contributed by atoms with E-state index in [0.717, 1.165) is 87.3 Å². The largest absolute Gasteiger partial charge is 0.473 e. The molecule has 6 heterocycles. The number of aromatic nitrogens is 3. The lowest BCUT2D eigenvalue weighted by Gasteiger charge is -2.33. The molecule has 0 saturated carbocycles. The molecule has 11 heteroatoms. The Bertz CT molecular complexity index is 1620. The van der Waals surface area contributed by atoms with Crippen molar-refractivity contribution in [1.29, 1.82) is 5.26 Å². The fourth-order valence-electron chi connectivity index (χ4n) is 8.79. The van der Waals surface area contributed by atoms with Crippen LogP contribution in [0.25, 0.3) is 11.5 Å². The second kappa shape index (κ2) is 13.4. The average molecular weight is 659 g/mol. The molecule has 2 N–H and O–H groups in total. The normalized spacial score (nSPS) is 26.0. The zero-order chi connectivity index (χ0) is 32.7. The van der Waals surface area contributed by atoms with Crippen molar-refractivity contribution in [2.24, 2.45) is 0 Å². The Labute approximate surface area is 283 Å². The van der Waals surface area contributed by atoms with Crippen molar-refractivity contribution in [3.05, 3.63) is 33.4 Å². The number of fused-ring (bicyclic) bond motifs is 1. The minimum Gasteiger partial charge on any atom is -0.473 e.